The third-order valence-electron chi connectivity index (χ3n) is 8.69. The van der Waals surface area contributed by atoms with Crippen LogP contribution in [0, 0.1) is 0 Å². The molecular weight excluding hydrogens is 571 g/mol. The van der Waals surface area contributed by atoms with E-state index >= 15 is 0 Å². The Labute approximate surface area is 286 Å². The van der Waals surface area contributed by atoms with E-state index in [-0.39, 0.29) is 0 Å². The monoisotopic (exact) mass is 627 g/mol. The van der Waals surface area contributed by atoms with Crippen LogP contribution < -0.4 is 15.1 Å². The summed E-state index contributed by atoms with van der Waals surface area (Å²) >= 11 is 0. The highest BCUT2D eigenvalue weighted by atomic mass is 15.1. The van der Waals surface area contributed by atoms with Crippen molar-refractivity contribution in [3.8, 4) is 0 Å². The number of hydrogen-bond acceptors (Lipinski definition) is 3. The zero-order valence-corrected chi connectivity index (χ0v) is 29.4. The van der Waals surface area contributed by atoms with E-state index in [4.69, 9.17) is 0 Å². The minimum atomic E-state index is 1.08. The van der Waals surface area contributed by atoms with Crippen molar-refractivity contribution < 1.29 is 0 Å². The average Bonchev–Trinajstić information content (AvgIpc) is 3.12. The average molecular weight is 628 g/mol. The maximum atomic E-state index is 3.54. The maximum absolute atomic E-state index is 3.54. The predicted molar refractivity (Wildman–Crippen MR) is 211 cm³/mol. The molecule has 0 fully saturated rings. The summed E-state index contributed by atoms with van der Waals surface area (Å²) in [7, 11) is 0. The minimum Gasteiger partial charge on any atom is -0.372 e. The van der Waals surface area contributed by atoms with Crippen molar-refractivity contribution in [3.05, 3.63) is 119 Å². The first-order valence-corrected chi connectivity index (χ1v) is 18.1. The standard InChI is InChI=1S/C44H57N3/c1-5-9-33-46(34-10-6-2)43-29-21-39(22-30-43)15-13-37-17-25-41(26-18-37)45-42-27-19-38(20-28-42)14-16-40-23-31-44(32-24-40)47(35-11-7-3)36-12-8-4/h13-32,45H,5-12,33-36H2,1-4H3/b15-13+,16-14+. The molecule has 0 atom stereocenters. The first-order chi connectivity index (χ1) is 23.1. The van der Waals surface area contributed by atoms with Gasteiger partial charge in [0.1, 0.15) is 0 Å². The van der Waals surface area contributed by atoms with Crippen LogP contribution >= 0.6 is 0 Å². The maximum Gasteiger partial charge on any atom is 0.0384 e. The van der Waals surface area contributed by atoms with E-state index < -0.39 is 0 Å². The summed E-state index contributed by atoms with van der Waals surface area (Å²) in [5.74, 6) is 0. The second-order valence-corrected chi connectivity index (χ2v) is 12.6. The summed E-state index contributed by atoms with van der Waals surface area (Å²) in [6, 6.07) is 35.3. The number of nitrogens with zero attached hydrogens (tertiary/aromatic N) is 2. The van der Waals surface area contributed by atoms with Crippen LogP contribution in [0.15, 0.2) is 97.1 Å². The number of nitrogens with one attached hydrogen (secondary N) is 1. The molecule has 0 amide bonds. The summed E-state index contributed by atoms with van der Waals surface area (Å²) in [5, 5.41) is 3.54. The first-order valence-electron chi connectivity index (χ1n) is 18.1. The van der Waals surface area contributed by atoms with Gasteiger partial charge in [0.2, 0.25) is 0 Å². The number of anilines is 4. The van der Waals surface area contributed by atoms with Crippen molar-refractivity contribution in [1.29, 1.82) is 0 Å². The summed E-state index contributed by atoms with van der Waals surface area (Å²) < 4.78 is 0. The fraction of sp³-hybridized carbons (Fsp3) is 0.364. The van der Waals surface area contributed by atoms with E-state index in [1.165, 1.54) is 85.0 Å². The Bertz CT molecular complexity index is 1330. The molecule has 0 spiro atoms. The van der Waals surface area contributed by atoms with E-state index in [1.54, 1.807) is 0 Å². The fourth-order valence-corrected chi connectivity index (χ4v) is 5.64. The van der Waals surface area contributed by atoms with Gasteiger partial charge in [-0.25, -0.2) is 0 Å². The molecule has 0 aromatic heterocycles. The molecule has 0 aliphatic heterocycles. The lowest BCUT2D eigenvalue weighted by molar-refractivity contribution is 0.678. The molecule has 0 saturated carbocycles. The summed E-state index contributed by atoms with van der Waals surface area (Å²) in [4.78, 5) is 5.07. The van der Waals surface area contributed by atoms with Crippen molar-refractivity contribution in [1.82, 2.24) is 0 Å². The molecule has 47 heavy (non-hydrogen) atoms. The Morgan fingerprint density at radius 1 is 0.383 bits per heavy atom. The Morgan fingerprint density at radius 2 is 0.638 bits per heavy atom. The van der Waals surface area contributed by atoms with E-state index in [0.29, 0.717) is 0 Å². The lowest BCUT2D eigenvalue weighted by atomic mass is 10.1. The summed E-state index contributed by atoms with van der Waals surface area (Å²) in [6.45, 7) is 13.6. The predicted octanol–water partition coefficient (Wildman–Crippen LogP) is 12.6. The summed E-state index contributed by atoms with van der Waals surface area (Å²) in [5.41, 5.74) is 9.67. The van der Waals surface area contributed by atoms with Crippen LogP contribution in [0.1, 0.15) is 101 Å². The Kier molecular flexibility index (Phi) is 15.2. The van der Waals surface area contributed by atoms with E-state index in [0.717, 1.165) is 37.6 Å². The Hall–Kier alpha value is -4.24. The molecule has 248 valence electrons. The van der Waals surface area contributed by atoms with Gasteiger partial charge in [-0.2, -0.15) is 0 Å². The van der Waals surface area contributed by atoms with Crippen LogP contribution in [-0.4, -0.2) is 26.2 Å². The van der Waals surface area contributed by atoms with Crippen LogP contribution in [-0.2, 0) is 0 Å². The molecule has 0 heterocycles. The quantitative estimate of drug-likeness (QED) is 0.0984. The van der Waals surface area contributed by atoms with Crippen LogP contribution in [0.2, 0.25) is 0 Å². The molecule has 1 N–H and O–H groups in total. The van der Waals surface area contributed by atoms with Crippen molar-refractivity contribution in [2.45, 2.75) is 79.1 Å². The normalized spacial score (nSPS) is 11.4. The van der Waals surface area contributed by atoms with E-state index in [2.05, 4.69) is 164 Å². The molecule has 0 radical (unpaired) electrons. The molecular formula is C44H57N3. The van der Waals surface area contributed by atoms with Crippen LogP contribution in [0.25, 0.3) is 24.3 Å². The van der Waals surface area contributed by atoms with Crippen molar-refractivity contribution in [2.75, 3.05) is 41.3 Å². The van der Waals surface area contributed by atoms with Gasteiger partial charge in [-0.05, 0) is 96.5 Å². The fourth-order valence-electron chi connectivity index (χ4n) is 5.64. The van der Waals surface area contributed by atoms with Crippen LogP contribution in [0.5, 0.6) is 0 Å². The third-order valence-corrected chi connectivity index (χ3v) is 8.69. The Morgan fingerprint density at radius 3 is 0.894 bits per heavy atom. The molecule has 4 aromatic carbocycles. The molecule has 0 unspecified atom stereocenters. The SMILES string of the molecule is CCCCN(CCCC)c1ccc(/C=C/c2ccc(Nc3ccc(/C=C/c4ccc(N(CCCC)CCCC)cc4)cc3)cc2)cc1. The van der Waals surface area contributed by atoms with Crippen molar-refractivity contribution in [3.63, 3.8) is 0 Å². The third kappa shape index (κ3) is 12.1. The van der Waals surface area contributed by atoms with Crippen molar-refractivity contribution >= 4 is 47.1 Å². The topological polar surface area (TPSA) is 18.5 Å². The lowest BCUT2D eigenvalue weighted by Gasteiger charge is -2.24. The van der Waals surface area contributed by atoms with Gasteiger partial charge < -0.3 is 15.1 Å². The van der Waals surface area contributed by atoms with Crippen LogP contribution in [0.4, 0.5) is 22.7 Å². The number of rotatable bonds is 20. The highest BCUT2D eigenvalue weighted by molar-refractivity contribution is 5.74. The van der Waals surface area contributed by atoms with Gasteiger partial charge in [0.15, 0.2) is 0 Å². The zero-order chi connectivity index (χ0) is 33.1. The smallest absolute Gasteiger partial charge is 0.0384 e. The van der Waals surface area contributed by atoms with Gasteiger partial charge in [-0.3, -0.25) is 0 Å². The molecule has 4 rings (SSSR count). The number of unbranched alkanes of at least 4 members (excludes halogenated alkanes) is 4. The molecule has 0 bridgehead atoms. The van der Waals surface area contributed by atoms with Gasteiger partial charge in [-0.15, -0.1) is 0 Å². The van der Waals surface area contributed by atoms with Gasteiger partial charge in [0, 0.05) is 48.9 Å². The molecule has 0 aliphatic rings. The molecule has 3 nitrogen and oxygen atoms in total. The largest absolute Gasteiger partial charge is 0.372 e. The van der Waals surface area contributed by atoms with Gasteiger partial charge in [0.25, 0.3) is 0 Å². The van der Waals surface area contributed by atoms with E-state index in [1.807, 2.05) is 0 Å². The second-order valence-electron chi connectivity index (χ2n) is 12.6. The molecule has 4 aromatic rings. The second kappa shape index (κ2) is 20.1. The number of benzene rings is 4. The molecule has 0 aliphatic carbocycles. The van der Waals surface area contributed by atoms with Crippen LogP contribution in [0.3, 0.4) is 0 Å². The van der Waals surface area contributed by atoms with Gasteiger partial charge in [-0.1, -0.05) is 126 Å². The first kappa shape index (κ1) is 35.6. The number of hydrogen-bond donors (Lipinski definition) is 1. The lowest BCUT2D eigenvalue weighted by Crippen LogP contribution is -2.25. The van der Waals surface area contributed by atoms with Crippen molar-refractivity contribution in [2.24, 2.45) is 0 Å². The molecule has 3 heteroatoms. The zero-order valence-electron chi connectivity index (χ0n) is 29.4. The highest BCUT2D eigenvalue weighted by Crippen LogP contribution is 2.22. The van der Waals surface area contributed by atoms with Gasteiger partial charge >= 0.3 is 0 Å². The minimum absolute atomic E-state index is 1.08. The van der Waals surface area contributed by atoms with Gasteiger partial charge in [0.05, 0.1) is 0 Å². The van der Waals surface area contributed by atoms with E-state index in [9.17, 15) is 0 Å². The highest BCUT2D eigenvalue weighted by Gasteiger charge is 2.06. The Balaban J connectivity index is 1.28. The summed E-state index contributed by atoms with van der Waals surface area (Å²) in [6.07, 6.45) is 18.7. The molecule has 0 saturated heterocycles.